The van der Waals surface area contributed by atoms with Gasteiger partial charge in [-0.15, -0.1) is 48.3 Å². The molecule has 0 N–H and O–H groups in total. The predicted octanol–water partition coefficient (Wildman–Crippen LogP) is 23.6. The second-order valence-corrected chi connectivity index (χ2v) is 32.2. The van der Waals surface area contributed by atoms with E-state index in [2.05, 4.69) is 256 Å². The minimum Gasteiger partial charge on any atom is -0.509 e. The van der Waals surface area contributed by atoms with E-state index in [1.807, 2.05) is 61.7 Å². The molecule has 90 heavy (non-hydrogen) atoms. The number of pyridine rings is 1. The van der Waals surface area contributed by atoms with Gasteiger partial charge in [-0.05, 0) is 149 Å². The Balaban J connectivity index is 0.00000901. The quantitative estimate of drug-likeness (QED) is 0.149. The maximum Gasteiger partial charge on any atom is 0.135 e. The number of rotatable bonds is 7. The van der Waals surface area contributed by atoms with Gasteiger partial charge in [-0.1, -0.05) is 223 Å². The number of aromatic nitrogens is 2. The Morgan fingerprint density at radius 3 is 1.52 bits per heavy atom. The number of ether oxygens (including phenoxy) is 1. The van der Waals surface area contributed by atoms with Crippen molar-refractivity contribution in [2.24, 2.45) is 0 Å². The molecule has 0 aliphatic carbocycles. The summed E-state index contributed by atoms with van der Waals surface area (Å²) in [6, 6.07) is 58.0. The Morgan fingerprint density at radius 1 is 0.489 bits per heavy atom. The van der Waals surface area contributed by atoms with Crippen LogP contribution in [0, 0.1) is 25.7 Å². The van der Waals surface area contributed by atoms with E-state index < -0.39 is 12.3 Å². The van der Waals surface area contributed by atoms with Crippen molar-refractivity contribution < 1.29 is 35.7 Å². The van der Waals surface area contributed by atoms with Gasteiger partial charge < -0.3 is 23.5 Å². The van der Waals surface area contributed by atoms with Gasteiger partial charge in [0, 0.05) is 87.3 Å². The second kappa shape index (κ2) is 22.2. The van der Waals surface area contributed by atoms with E-state index in [1.54, 1.807) is 0 Å². The molecule has 11 aromatic rings. The summed E-state index contributed by atoms with van der Waals surface area (Å²) in [5.41, 5.74) is 17.7. The van der Waals surface area contributed by atoms with E-state index in [0.29, 0.717) is 34.0 Å². The fourth-order valence-corrected chi connectivity index (χ4v) is 12.4. The van der Waals surface area contributed by atoms with E-state index >= 15 is 0 Å². The number of furan rings is 1. The van der Waals surface area contributed by atoms with Gasteiger partial charge in [0.05, 0.1) is 1.37 Å². The first-order valence-electron chi connectivity index (χ1n) is 33.7. The summed E-state index contributed by atoms with van der Waals surface area (Å²) in [6.07, 6.45) is -0.298. The summed E-state index contributed by atoms with van der Waals surface area (Å²) < 4.78 is 50.7. The molecule has 12 rings (SSSR count). The maximum absolute atomic E-state index is 9.26. The number of anilines is 4. The number of fused-ring (bicyclic) bond motifs is 8. The Hall–Kier alpha value is -7.40. The summed E-state index contributed by atoms with van der Waals surface area (Å²) >= 11 is 0. The van der Waals surface area contributed by atoms with Crippen molar-refractivity contribution in [1.29, 1.82) is 0 Å². The van der Waals surface area contributed by atoms with Gasteiger partial charge in [0.2, 0.25) is 0 Å². The van der Waals surface area contributed by atoms with Crippen LogP contribution in [-0.4, -0.2) is 9.55 Å². The van der Waals surface area contributed by atoms with Crippen LogP contribution in [0.4, 0.5) is 22.7 Å². The normalized spacial score (nSPS) is 14.5. The van der Waals surface area contributed by atoms with Crippen molar-refractivity contribution in [2.75, 3.05) is 9.80 Å². The minimum atomic E-state index is -2.56. The Kier molecular flexibility index (Phi) is 14.5. The third-order valence-electron chi connectivity index (χ3n) is 18.0. The molecule has 6 nitrogen and oxygen atoms in total. The molecule has 0 bridgehead atoms. The molecule has 7 heteroatoms. The molecule has 0 unspecified atom stereocenters. The molecule has 0 saturated carbocycles. The Labute approximate surface area is 557 Å². The Morgan fingerprint density at radius 2 is 0.989 bits per heavy atom. The molecular weight excluding hydrogens is 1280 g/mol. The van der Waals surface area contributed by atoms with Crippen LogP contribution in [0.3, 0.4) is 0 Å². The predicted molar refractivity (Wildman–Crippen MR) is 378 cm³/mol. The van der Waals surface area contributed by atoms with E-state index in [-0.39, 0.29) is 65.3 Å². The van der Waals surface area contributed by atoms with Gasteiger partial charge in [0.25, 0.3) is 0 Å². The van der Waals surface area contributed by atoms with E-state index in [1.165, 1.54) is 38.9 Å². The third-order valence-corrected chi connectivity index (χ3v) is 18.0. The van der Waals surface area contributed by atoms with Crippen LogP contribution >= 0.6 is 0 Å². The molecule has 0 fully saturated rings. The van der Waals surface area contributed by atoms with Crippen molar-refractivity contribution >= 4 is 66.5 Å². The summed E-state index contributed by atoms with van der Waals surface area (Å²) in [4.78, 5) is 9.50. The standard InChI is InChI=1S/C83H91N4O2.Pt/c1-50-48-84-73(47-67(50)83(20,21)22)87-70-34-33-63-62-27-23-26-30-72(62)89-76(63)74(70)64-32-31-60(46-71(64)87)88-61-42-57(81(14,15)16)41-59(45-61)85-49-86(69-29-25-24-28-68(69)85)75-65(51-35-53(77(2,3)4)39-54(36-51)78(5,6)7)43-58(82(17,18)19)44-66(75)52-37-55(79(8,9)10)40-56(38-52)80(11,12)13;/h23-44,47-49H,1-22H3;/q-3;/i1D3,48D;. The average molecular weight is 1380 g/mol. The van der Waals surface area contributed by atoms with Crippen molar-refractivity contribution in [3.05, 3.63) is 209 Å². The van der Waals surface area contributed by atoms with Crippen LogP contribution in [0.2, 0.25) is 0 Å². The zero-order valence-corrected chi connectivity index (χ0v) is 59.1. The monoisotopic (exact) mass is 1370 g/mol. The van der Waals surface area contributed by atoms with Crippen LogP contribution in [0.1, 0.15) is 195 Å². The average Bonchev–Trinajstić information content (AvgIpc) is 1.52. The number of hydrogen-bond donors (Lipinski definition) is 0. The number of para-hydroxylation sites is 3. The molecule has 4 heterocycles. The molecule has 1 aliphatic rings. The van der Waals surface area contributed by atoms with Gasteiger partial charge in [0.1, 0.15) is 17.0 Å². The molecule has 0 radical (unpaired) electrons. The summed E-state index contributed by atoms with van der Waals surface area (Å²) in [5.74, 6) is 1.33. The first kappa shape index (κ1) is 58.9. The van der Waals surface area contributed by atoms with Crippen LogP contribution in [0.5, 0.6) is 11.5 Å². The summed E-state index contributed by atoms with van der Waals surface area (Å²) in [7, 11) is 0. The van der Waals surface area contributed by atoms with Crippen LogP contribution in [-0.2, 0) is 59.0 Å². The Bertz CT molecular complexity index is 4640. The van der Waals surface area contributed by atoms with Crippen molar-refractivity contribution in [3.8, 4) is 39.6 Å². The van der Waals surface area contributed by atoms with Crippen molar-refractivity contribution in [3.63, 3.8) is 0 Å². The molecule has 0 amide bonds. The fraction of sp³-hybridized carbons (Fsp3) is 0.349. The zero-order valence-electron chi connectivity index (χ0n) is 60.8. The molecule has 0 saturated heterocycles. The van der Waals surface area contributed by atoms with E-state index in [9.17, 15) is 1.37 Å². The summed E-state index contributed by atoms with van der Waals surface area (Å²) in [6.45, 7) is 47.1. The van der Waals surface area contributed by atoms with Crippen molar-refractivity contribution in [1.82, 2.24) is 9.55 Å². The maximum atomic E-state index is 9.26. The molecule has 468 valence electrons. The van der Waals surface area contributed by atoms with Gasteiger partial charge in [-0.2, -0.15) is 6.07 Å². The zero-order chi connectivity index (χ0) is 67.4. The van der Waals surface area contributed by atoms with Gasteiger partial charge in [0.15, 0.2) is 0 Å². The smallest absolute Gasteiger partial charge is 0.135 e. The number of benzene rings is 8. The van der Waals surface area contributed by atoms with E-state index in [4.69, 9.17) is 18.3 Å². The largest absolute Gasteiger partial charge is 0.509 e. The third kappa shape index (κ3) is 11.8. The van der Waals surface area contributed by atoms with E-state index in [0.717, 1.165) is 72.1 Å². The first-order chi connectivity index (χ1) is 43.0. The SMILES string of the molecule is [2H]c1nc(-n2c3[c-]c(Oc4[c-]c(N5[CH-]N(c6c(-c7cc(C(C)(C)C)cc(C(C)(C)C)c7)cc(C(C)(C)C)cc6-c6cc(C(C)(C)C)cc(C(C)(C)C)c6)c6ccccc65)cc(C(C)(C)C)c4)ccc3c3c4oc5ccccc5c4ccc32)cc(C(C)(C)C)c1C([2H])([2H])[2H].[Pt]. The molecule has 8 aromatic carbocycles. The molecule has 0 spiro atoms. The number of nitrogens with zero attached hydrogens (tertiary/aromatic N) is 4. The van der Waals surface area contributed by atoms with Crippen molar-refractivity contribution in [2.45, 2.75) is 190 Å². The molecular formula is C83H91N4O2Pt-3. The fourth-order valence-electron chi connectivity index (χ4n) is 12.4. The van der Waals surface area contributed by atoms with Crippen LogP contribution in [0.25, 0.3) is 71.8 Å². The topological polar surface area (TPSA) is 46.7 Å². The van der Waals surface area contributed by atoms with Crippen LogP contribution < -0.4 is 14.5 Å². The molecule has 1 aliphatic heterocycles. The van der Waals surface area contributed by atoms with Gasteiger partial charge >= 0.3 is 0 Å². The van der Waals surface area contributed by atoms with Gasteiger partial charge in [-0.25, -0.2) is 4.98 Å². The van der Waals surface area contributed by atoms with Gasteiger partial charge in [-0.3, -0.25) is 0 Å². The first-order valence-corrected chi connectivity index (χ1v) is 31.7. The number of hydrogen-bond acceptors (Lipinski definition) is 5. The molecule has 0 atom stereocenters. The summed E-state index contributed by atoms with van der Waals surface area (Å²) in [5, 5.41) is 3.63. The van der Waals surface area contributed by atoms with Crippen LogP contribution in [0.15, 0.2) is 150 Å². The molecule has 3 aromatic heterocycles. The second-order valence-electron chi connectivity index (χ2n) is 32.2. The minimum absolute atomic E-state index is 0.